The lowest BCUT2D eigenvalue weighted by molar-refractivity contribution is 0.0303. The van der Waals surface area contributed by atoms with Gasteiger partial charge in [0.2, 0.25) is 0 Å². The van der Waals surface area contributed by atoms with Crippen molar-refractivity contribution in [3.63, 3.8) is 0 Å². The summed E-state index contributed by atoms with van der Waals surface area (Å²) < 4.78 is 6.08. The van der Waals surface area contributed by atoms with Gasteiger partial charge in [-0.2, -0.15) is 0 Å². The molecule has 3 heteroatoms. The average molecular weight is 284 g/mol. The van der Waals surface area contributed by atoms with Gasteiger partial charge in [0.05, 0.1) is 12.7 Å². The minimum Gasteiger partial charge on any atom is -0.372 e. The Hall–Kier alpha value is -0.570. The van der Waals surface area contributed by atoms with Crippen LogP contribution in [0.25, 0.3) is 0 Å². The Morgan fingerprint density at radius 2 is 2.00 bits per heavy atom. The van der Waals surface area contributed by atoms with Crippen molar-refractivity contribution in [2.24, 2.45) is 5.92 Å². The summed E-state index contributed by atoms with van der Waals surface area (Å²) in [7, 11) is 0. The van der Waals surface area contributed by atoms with Gasteiger partial charge in [0, 0.05) is 17.1 Å². The van der Waals surface area contributed by atoms with E-state index in [1.807, 2.05) is 18.2 Å². The molecule has 2 nitrogen and oxygen atoms in total. The van der Waals surface area contributed by atoms with Crippen molar-refractivity contribution in [3.8, 4) is 0 Å². The van der Waals surface area contributed by atoms with Crippen LogP contribution < -0.4 is 5.32 Å². The summed E-state index contributed by atoms with van der Waals surface area (Å²) >= 11 is 6.27. The summed E-state index contributed by atoms with van der Waals surface area (Å²) in [5.74, 6) is 0.594. The van der Waals surface area contributed by atoms with Crippen LogP contribution >= 0.6 is 11.6 Å². The molecule has 1 N–H and O–H groups in total. The molecule has 0 amide bonds. The molecule has 0 spiro atoms. The standard InChI is InChI=1S/C16H26ClNO/c1-4-8-13(3)12-19-16(11-18-5-2)14-9-6-7-10-15(14)17/h6-7,9-10,13,16,18H,4-5,8,11-12H2,1-3H3. The molecular formula is C16H26ClNO. The largest absolute Gasteiger partial charge is 0.372 e. The summed E-state index contributed by atoms with van der Waals surface area (Å²) in [4.78, 5) is 0. The number of rotatable bonds is 9. The summed E-state index contributed by atoms with van der Waals surface area (Å²) in [6.45, 7) is 9.08. The zero-order valence-corrected chi connectivity index (χ0v) is 13.0. The Kier molecular flexibility index (Phi) is 8.11. The molecule has 2 unspecified atom stereocenters. The first-order chi connectivity index (χ1) is 9.19. The minimum absolute atomic E-state index is 0.0351. The highest BCUT2D eigenvalue weighted by Crippen LogP contribution is 2.25. The summed E-state index contributed by atoms with van der Waals surface area (Å²) in [5.41, 5.74) is 1.08. The predicted molar refractivity (Wildman–Crippen MR) is 82.8 cm³/mol. The highest BCUT2D eigenvalue weighted by molar-refractivity contribution is 6.31. The fourth-order valence-electron chi connectivity index (χ4n) is 2.13. The first kappa shape index (κ1) is 16.5. The molecular weight excluding hydrogens is 258 g/mol. The second-order valence-electron chi connectivity index (χ2n) is 5.05. The molecule has 2 atom stereocenters. The first-order valence-electron chi connectivity index (χ1n) is 7.25. The molecule has 108 valence electrons. The predicted octanol–water partition coefficient (Wildman–Crippen LogP) is 4.44. The smallest absolute Gasteiger partial charge is 0.0963 e. The summed E-state index contributed by atoms with van der Waals surface area (Å²) in [5, 5.41) is 4.13. The Morgan fingerprint density at radius 1 is 1.26 bits per heavy atom. The van der Waals surface area contributed by atoms with Gasteiger partial charge in [-0.05, 0) is 24.9 Å². The SMILES string of the molecule is CCCC(C)COC(CNCC)c1ccccc1Cl. The van der Waals surface area contributed by atoms with Crippen LogP contribution in [0, 0.1) is 5.92 Å². The summed E-state index contributed by atoms with van der Waals surface area (Å²) in [6.07, 6.45) is 2.44. The zero-order valence-electron chi connectivity index (χ0n) is 12.3. The number of ether oxygens (including phenoxy) is 1. The Morgan fingerprint density at radius 3 is 2.63 bits per heavy atom. The quantitative estimate of drug-likeness (QED) is 0.723. The zero-order chi connectivity index (χ0) is 14.1. The van der Waals surface area contributed by atoms with Crippen LogP contribution in [0.15, 0.2) is 24.3 Å². The van der Waals surface area contributed by atoms with Crippen LogP contribution in [-0.4, -0.2) is 19.7 Å². The Bertz CT molecular complexity index is 356. The number of benzene rings is 1. The van der Waals surface area contributed by atoms with Crippen LogP contribution in [0.4, 0.5) is 0 Å². The van der Waals surface area contributed by atoms with Crippen molar-refractivity contribution in [1.29, 1.82) is 0 Å². The Labute approximate surface area is 122 Å². The highest BCUT2D eigenvalue weighted by Gasteiger charge is 2.15. The molecule has 0 aliphatic rings. The van der Waals surface area contributed by atoms with E-state index in [9.17, 15) is 0 Å². The average Bonchev–Trinajstić information content (AvgIpc) is 2.40. The van der Waals surface area contributed by atoms with Crippen LogP contribution in [0.2, 0.25) is 5.02 Å². The van der Waals surface area contributed by atoms with Gasteiger partial charge in [0.1, 0.15) is 0 Å². The molecule has 0 saturated heterocycles. The van der Waals surface area contributed by atoms with E-state index in [1.54, 1.807) is 0 Å². The lowest BCUT2D eigenvalue weighted by Crippen LogP contribution is -2.24. The molecule has 0 bridgehead atoms. The first-order valence-corrected chi connectivity index (χ1v) is 7.63. The molecule has 0 aliphatic heterocycles. The van der Waals surface area contributed by atoms with Gasteiger partial charge in [0.15, 0.2) is 0 Å². The van der Waals surface area contributed by atoms with Crippen molar-refractivity contribution < 1.29 is 4.74 Å². The third-order valence-corrected chi connectivity index (χ3v) is 3.54. The van der Waals surface area contributed by atoms with Crippen molar-refractivity contribution in [2.75, 3.05) is 19.7 Å². The lowest BCUT2D eigenvalue weighted by atomic mass is 10.1. The number of likely N-dealkylation sites (N-methyl/N-ethyl adjacent to an activating group) is 1. The fraction of sp³-hybridized carbons (Fsp3) is 0.625. The van der Waals surface area contributed by atoms with Gasteiger partial charge < -0.3 is 10.1 Å². The molecule has 1 rings (SSSR count). The second kappa shape index (κ2) is 9.35. The molecule has 0 radical (unpaired) electrons. The van der Waals surface area contributed by atoms with Gasteiger partial charge in [0.25, 0.3) is 0 Å². The maximum atomic E-state index is 6.27. The van der Waals surface area contributed by atoms with Crippen molar-refractivity contribution in [3.05, 3.63) is 34.9 Å². The van der Waals surface area contributed by atoms with E-state index in [2.05, 4.69) is 32.2 Å². The highest BCUT2D eigenvalue weighted by atomic mass is 35.5. The molecule has 0 heterocycles. The van der Waals surface area contributed by atoms with Gasteiger partial charge in [-0.15, -0.1) is 0 Å². The third-order valence-electron chi connectivity index (χ3n) is 3.20. The number of hydrogen-bond acceptors (Lipinski definition) is 2. The molecule has 1 aromatic carbocycles. The number of halogens is 1. The molecule has 1 aromatic rings. The van der Waals surface area contributed by atoms with Crippen molar-refractivity contribution >= 4 is 11.6 Å². The monoisotopic (exact) mass is 283 g/mol. The second-order valence-corrected chi connectivity index (χ2v) is 5.45. The van der Waals surface area contributed by atoms with Crippen LogP contribution in [0.5, 0.6) is 0 Å². The molecule has 0 aromatic heterocycles. The van der Waals surface area contributed by atoms with E-state index in [4.69, 9.17) is 16.3 Å². The summed E-state index contributed by atoms with van der Waals surface area (Å²) in [6, 6.07) is 7.94. The molecule has 19 heavy (non-hydrogen) atoms. The van der Waals surface area contributed by atoms with Crippen molar-refractivity contribution in [2.45, 2.75) is 39.7 Å². The molecule has 0 aliphatic carbocycles. The maximum absolute atomic E-state index is 6.27. The Balaban J connectivity index is 2.64. The van der Waals surface area contributed by atoms with Gasteiger partial charge in [-0.3, -0.25) is 0 Å². The third kappa shape index (κ3) is 5.94. The van der Waals surface area contributed by atoms with E-state index in [1.165, 1.54) is 12.8 Å². The van der Waals surface area contributed by atoms with Gasteiger partial charge in [-0.1, -0.05) is 57.0 Å². The van der Waals surface area contributed by atoms with E-state index < -0.39 is 0 Å². The molecule has 0 fully saturated rings. The van der Waals surface area contributed by atoms with E-state index in [0.29, 0.717) is 5.92 Å². The van der Waals surface area contributed by atoms with E-state index >= 15 is 0 Å². The number of nitrogens with one attached hydrogen (secondary N) is 1. The minimum atomic E-state index is 0.0351. The normalized spacial score (nSPS) is 14.3. The van der Waals surface area contributed by atoms with Gasteiger partial charge >= 0.3 is 0 Å². The van der Waals surface area contributed by atoms with E-state index in [-0.39, 0.29) is 6.10 Å². The van der Waals surface area contributed by atoms with Gasteiger partial charge in [-0.25, -0.2) is 0 Å². The van der Waals surface area contributed by atoms with E-state index in [0.717, 1.165) is 30.3 Å². The topological polar surface area (TPSA) is 21.3 Å². The van der Waals surface area contributed by atoms with Crippen LogP contribution in [-0.2, 0) is 4.74 Å². The van der Waals surface area contributed by atoms with Crippen LogP contribution in [0.1, 0.15) is 45.3 Å². The number of hydrogen-bond donors (Lipinski definition) is 1. The fourth-order valence-corrected chi connectivity index (χ4v) is 2.38. The van der Waals surface area contributed by atoms with Crippen molar-refractivity contribution in [1.82, 2.24) is 5.32 Å². The lowest BCUT2D eigenvalue weighted by Gasteiger charge is -2.22. The molecule has 0 saturated carbocycles. The van der Waals surface area contributed by atoms with Crippen LogP contribution in [0.3, 0.4) is 0 Å². The maximum Gasteiger partial charge on any atom is 0.0963 e.